The molecule has 0 aliphatic heterocycles. The van der Waals surface area contributed by atoms with Gasteiger partial charge in [0, 0.05) is 6.04 Å². The summed E-state index contributed by atoms with van der Waals surface area (Å²) < 4.78 is 0. The van der Waals surface area contributed by atoms with Gasteiger partial charge in [0.05, 0.1) is 11.5 Å². The first-order chi connectivity index (χ1) is 9.99. The molecule has 2 rings (SSSR count). The molecular weight excluding hydrogens is 270 g/mol. The van der Waals surface area contributed by atoms with E-state index in [-0.39, 0.29) is 23.5 Å². The van der Waals surface area contributed by atoms with Crippen LogP contribution in [0.5, 0.6) is 11.5 Å². The van der Waals surface area contributed by atoms with Gasteiger partial charge < -0.3 is 20.6 Å². The summed E-state index contributed by atoms with van der Waals surface area (Å²) in [5.41, 5.74) is 0.511. The van der Waals surface area contributed by atoms with E-state index in [1.165, 1.54) is 0 Å². The number of carboxylic acid groups (broad SMARTS) is 1. The summed E-state index contributed by atoms with van der Waals surface area (Å²) >= 11 is 0. The molecule has 21 heavy (non-hydrogen) atoms. The van der Waals surface area contributed by atoms with Gasteiger partial charge in [-0.1, -0.05) is 6.07 Å². The van der Waals surface area contributed by atoms with Crippen molar-refractivity contribution in [1.29, 1.82) is 0 Å². The minimum atomic E-state index is -0.686. The van der Waals surface area contributed by atoms with Crippen molar-refractivity contribution < 1.29 is 20.1 Å². The van der Waals surface area contributed by atoms with Gasteiger partial charge in [-0.05, 0) is 57.2 Å². The number of aliphatic carboxylic acids is 1. The van der Waals surface area contributed by atoms with Crippen LogP contribution in [0.2, 0.25) is 0 Å². The second-order valence-corrected chi connectivity index (χ2v) is 5.90. The van der Waals surface area contributed by atoms with Gasteiger partial charge >= 0.3 is 5.97 Å². The van der Waals surface area contributed by atoms with Crippen LogP contribution in [0.1, 0.15) is 44.2 Å². The molecule has 1 fully saturated rings. The van der Waals surface area contributed by atoms with Crippen molar-refractivity contribution in [3.63, 3.8) is 0 Å². The Kier molecular flexibility index (Phi) is 5.07. The van der Waals surface area contributed by atoms with E-state index in [0.717, 1.165) is 32.2 Å². The van der Waals surface area contributed by atoms with E-state index in [0.29, 0.717) is 11.5 Å². The second-order valence-electron chi connectivity index (χ2n) is 5.90. The number of phenols is 2. The van der Waals surface area contributed by atoms with Crippen molar-refractivity contribution in [3.05, 3.63) is 23.8 Å². The van der Waals surface area contributed by atoms with E-state index in [9.17, 15) is 15.0 Å². The molecule has 0 bridgehead atoms. The molecule has 116 valence electrons. The van der Waals surface area contributed by atoms with Crippen LogP contribution >= 0.6 is 0 Å². The fourth-order valence-electron chi connectivity index (χ4n) is 3.04. The largest absolute Gasteiger partial charge is 0.507 e. The lowest BCUT2D eigenvalue weighted by atomic mass is 9.82. The molecule has 4 N–H and O–H groups in total. The van der Waals surface area contributed by atoms with E-state index in [2.05, 4.69) is 5.32 Å². The van der Waals surface area contributed by atoms with Gasteiger partial charge in [0.1, 0.15) is 11.5 Å². The molecule has 1 saturated carbocycles. The number of phenolic OH excluding ortho intramolecular Hbond substituents is 2. The average Bonchev–Trinajstić information content (AvgIpc) is 2.45. The van der Waals surface area contributed by atoms with Crippen LogP contribution in [-0.2, 0) is 4.79 Å². The van der Waals surface area contributed by atoms with Crippen molar-refractivity contribution in [3.8, 4) is 11.5 Å². The highest BCUT2D eigenvalue weighted by atomic mass is 16.4. The SMILES string of the molecule is CC(NCC1CCC(C(=O)O)CC1)c1c(O)cccc1O. The van der Waals surface area contributed by atoms with Crippen LogP contribution in [0.4, 0.5) is 0 Å². The van der Waals surface area contributed by atoms with Crippen molar-refractivity contribution >= 4 is 5.97 Å². The Hall–Kier alpha value is -1.75. The summed E-state index contributed by atoms with van der Waals surface area (Å²) in [5, 5.41) is 32.0. The number of rotatable bonds is 5. The maximum atomic E-state index is 10.9. The highest BCUT2D eigenvalue weighted by Gasteiger charge is 2.26. The molecule has 0 heterocycles. The van der Waals surface area contributed by atoms with Crippen LogP contribution in [0.25, 0.3) is 0 Å². The third-order valence-corrected chi connectivity index (χ3v) is 4.40. The predicted octanol–water partition coefficient (Wildman–Crippen LogP) is 2.64. The van der Waals surface area contributed by atoms with Gasteiger partial charge in [-0.2, -0.15) is 0 Å². The lowest BCUT2D eigenvalue weighted by Crippen LogP contribution is -2.30. The Morgan fingerprint density at radius 2 is 1.81 bits per heavy atom. The molecule has 1 aromatic carbocycles. The Balaban J connectivity index is 1.85. The number of carbonyl (C=O) groups is 1. The predicted molar refractivity (Wildman–Crippen MR) is 79.3 cm³/mol. The monoisotopic (exact) mass is 293 g/mol. The Morgan fingerprint density at radius 3 is 2.33 bits per heavy atom. The highest BCUT2D eigenvalue weighted by molar-refractivity contribution is 5.69. The topological polar surface area (TPSA) is 89.8 Å². The molecular formula is C16H23NO4. The standard InChI is InChI=1S/C16H23NO4/c1-10(15-13(18)3-2-4-14(15)19)17-9-11-5-7-12(8-6-11)16(20)21/h2-4,10-12,17-19H,5-9H2,1H3,(H,20,21). The first-order valence-electron chi connectivity index (χ1n) is 7.46. The van der Waals surface area contributed by atoms with Gasteiger partial charge in [-0.3, -0.25) is 4.79 Å². The molecule has 1 atom stereocenters. The van der Waals surface area contributed by atoms with Gasteiger partial charge in [-0.15, -0.1) is 0 Å². The number of carboxylic acids is 1. The first-order valence-corrected chi connectivity index (χ1v) is 7.46. The van der Waals surface area contributed by atoms with Gasteiger partial charge in [0.15, 0.2) is 0 Å². The summed E-state index contributed by atoms with van der Waals surface area (Å²) in [4.78, 5) is 10.9. The second kappa shape index (κ2) is 6.80. The molecule has 0 spiro atoms. The quantitative estimate of drug-likeness (QED) is 0.670. The van der Waals surface area contributed by atoms with Crippen LogP contribution in [0.3, 0.4) is 0 Å². The third-order valence-electron chi connectivity index (χ3n) is 4.40. The van der Waals surface area contributed by atoms with Crippen molar-refractivity contribution in [1.82, 2.24) is 5.32 Å². The van der Waals surface area contributed by atoms with E-state index < -0.39 is 5.97 Å². The summed E-state index contributed by atoms with van der Waals surface area (Å²) in [6.45, 7) is 2.67. The molecule has 1 aliphatic rings. The smallest absolute Gasteiger partial charge is 0.306 e. The van der Waals surface area contributed by atoms with E-state index >= 15 is 0 Å². The number of hydrogen-bond acceptors (Lipinski definition) is 4. The van der Waals surface area contributed by atoms with Gasteiger partial charge in [0.2, 0.25) is 0 Å². The number of nitrogens with one attached hydrogen (secondary N) is 1. The fourth-order valence-corrected chi connectivity index (χ4v) is 3.04. The molecule has 1 unspecified atom stereocenters. The maximum absolute atomic E-state index is 10.9. The number of aromatic hydroxyl groups is 2. The molecule has 1 aromatic rings. The zero-order valence-electron chi connectivity index (χ0n) is 12.2. The third kappa shape index (κ3) is 3.88. The van der Waals surface area contributed by atoms with Gasteiger partial charge in [-0.25, -0.2) is 0 Å². The minimum absolute atomic E-state index is 0.0876. The Morgan fingerprint density at radius 1 is 1.24 bits per heavy atom. The molecule has 0 saturated heterocycles. The zero-order chi connectivity index (χ0) is 15.4. The average molecular weight is 293 g/mol. The van der Waals surface area contributed by atoms with E-state index in [4.69, 9.17) is 5.11 Å². The molecule has 1 aliphatic carbocycles. The lowest BCUT2D eigenvalue weighted by molar-refractivity contribution is -0.143. The molecule has 0 radical (unpaired) electrons. The first kappa shape index (κ1) is 15.6. The minimum Gasteiger partial charge on any atom is -0.507 e. The molecule has 5 heteroatoms. The van der Waals surface area contributed by atoms with Crippen LogP contribution in [0, 0.1) is 11.8 Å². The highest BCUT2D eigenvalue weighted by Crippen LogP contribution is 2.33. The normalized spacial score (nSPS) is 23.7. The van der Waals surface area contributed by atoms with Crippen LogP contribution in [-0.4, -0.2) is 27.8 Å². The van der Waals surface area contributed by atoms with Crippen molar-refractivity contribution in [2.45, 2.75) is 38.6 Å². The number of hydrogen-bond donors (Lipinski definition) is 4. The molecule has 0 aromatic heterocycles. The van der Waals surface area contributed by atoms with Crippen molar-refractivity contribution in [2.24, 2.45) is 11.8 Å². The Labute approximate surface area is 124 Å². The zero-order valence-corrected chi connectivity index (χ0v) is 12.2. The van der Waals surface area contributed by atoms with Crippen LogP contribution in [0.15, 0.2) is 18.2 Å². The molecule has 5 nitrogen and oxygen atoms in total. The summed E-state index contributed by atoms with van der Waals surface area (Å²) in [7, 11) is 0. The summed E-state index contributed by atoms with van der Waals surface area (Å²) in [6.07, 6.45) is 3.28. The van der Waals surface area contributed by atoms with E-state index in [1.54, 1.807) is 18.2 Å². The summed E-state index contributed by atoms with van der Waals surface area (Å²) in [5.74, 6) is -0.250. The molecule has 0 amide bonds. The maximum Gasteiger partial charge on any atom is 0.306 e. The van der Waals surface area contributed by atoms with Crippen molar-refractivity contribution in [2.75, 3.05) is 6.54 Å². The van der Waals surface area contributed by atoms with E-state index in [1.807, 2.05) is 6.92 Å². The van der Waals surface area contributed by atoms with Crippen LogP contribution < -0.4 is 5.32 Å². The summed E-state index contributed by atoms with van der Waals surface area (Å²) in [6, 6.07) is 4.58. The Bertz CT molecular complexity index is 475. The number of benzene rings is 1. The van der Waals surface area contributed by atoms with Gasteiger partial charge in [0.25, 0.3) is 0 Å². The fraction of sp³-hybridized carbons (Fsp3) is 0.562. The lowest BCUT2D eigenvalue weighted by Gasteiger charge is -2.27.